The third-order valence-corrected chi connectivity index (χ3v) is 5.63. The van der Waals surface area contributed by atoms with Crippen LogP contribution < -0.4 is 11.5 Å². The minimum atomic E-state index is -1.25. The van der Waals surface area contributed by atoms with Gasteiger partial charge in [-0.15, -0.1) is 0 Å². The average Bonchev–Trinajstić information content (AvgIpc) is 3.18. The summed E-state index contributed by atoms with van der Waals surface area (Å²) in [7, 11) is 0. The van der Waals surface area contributed by atoms with Crippen LogP contribution >= 0.6 is 11.8 Å². The number of nitrogens with zero attached hydrogens (tertiary/aromatic N) is 4. The second-order valence-electron chi connectivity index (χ2n) is 6.37. The predicted molar refractivity (Wildman–Crippen MR) is 100 cm³/mol. The second-order valence-corrected chi connectivity index (χ2v) is 7.52. The topological polar surface area (TPSA) is 194 Å². The summed E-state index contributed by atoms with van der Waals surface area (Å²) in [5.74, 6) is -0.129. The molecule has 150 valence electrons. The number of carboxylic acid groups (broad SMARTS) is 1. The van der Waals surface area contributed by atoms with E-state index in [1.54, 1.807) is 0 Å². The summed E-state index contributed by atoms with van der Waals surface area (Å²) < 4.78 is 7.28. The monoisotopic (exact) mass is 408 g/mol. The number of hydrogen-bond acceptors (Lipinski definition) is 10. The highest BCUT2D eigenvalue weighted by atomic mass is 32.2. The fourth-order valence-electron chi connectivity index (χ4n) is 3.02. The number of hydrogen-bond donors (Lipinski definition) is 5. The van der Waals surface area contributed by atoms with Crippen LogP contribution in [0.15, 0.2) is 12.5 Å². The fourth-order valence-corrected chi connectivity index (χ4v) is 4.11. The molecule has 0 aliphatic carbocycles. The summed E-state index contributed by atoms with van der Waals surface area (Å²) in [6.45, 7) is 0. The number of carboxylic acids is 1. The molecule has 1 saturated heterocycles. The van der Waals surface area contributed by atoms with Gasteiger partial charge in [0.15, 0.2) is 6.23 Å². The molecule has 3 heterocycles. The van der Waals surface area contributed by atoms with Crippen LogP contribution in [-0.2, 0) is 9.53 Å². The minimum absolute atomic E-state index is 0.134. The van der Waals surface area contributed by atoms with Crippen LogP contribution in [-0.4, -0.2) is 71.7 Å². The summed E-state index contributed by atoms with van der Waals surface area (Å²) in [6, 6.07) is 1.07. The number of aliphatic hydroxyl groups is 2. The van der Waals surface area contributed by atoms with Gasteiger partial charge in [-0.05, 0) is 12.2 Å². The van der Waals surface area contributed by atoms with Crippen LogP contribution in [0.2, 0.25) is 0 Å². The molecular weight excluding hydrogens is 388 g/mol. The van der Waals surface area contributed by atoms with Crippen LogP contribution in [0.3, 0.4) is 0 Å². The van der Waals surface area contributed by atoms with Gasteiger partial charge in [-0.2, -0.15) is 17.0 Å². The zero-order chi connectivity index (χ0) is 20.4. The molecule has 5 atom stereocenters. The van der Waals surface area contributed by atoms with Gasteiger partial charge in [0.2, 0.25) is 0 Å². The molecule has 1 aliphatic heterocycles. The molecule has 1 fully saturated rings. The van der Waals surface area contributed by atoms with E-state index in [1.807, 2.05) is 6.07 Å². The first-order valence-corrected chi connectivity index (χ1v) is 9.59. The van der Waals surface area contributed by atoms with Crippen molar-refractivity contribution in [2.45, 2.75) is 37.0 Å². The van der Waals surface area contributed by atoms with Gasteiger partial charge in [0.25, 0.3) is 0 Å². The average molecular weight is 408 g/mol. The molecule has 3 rings (SSSR count). The molecular formula is C16H20N6O5S. The van der Waals surface area contributed by atoms with Crippen molar-refractivity contribution in [3.63, 3.8) is 0 Å². The zero-order valence-electron chi connectivity index (χ0n) is 14.7. The van der Waals surface area contributed by atoms with E-state index in [9.17, 15) is 20.3 Å². The van der Waals surface area contributed by atoms with Gasteiger partial charge >= 0.3 is 5.97 Å². The molecule has 0 aromatic carbocycles. The van der Waals surface area contributed by atoms with Crippen molar-refractivity contribution in [2.75, 3.05) is 17.2 Å². The van der Waals surface area contributed by atoms with Crippen molar-refractivity contribution in [3.05, 3.63) is 18.1 Å². The molecule has 12 heteroatoms. The quantitative estimate of drug-likeness (QED) is 0.354. The number of anilines is 1. The van der Waals surface area contributed by atoms with Crippen LogP contribution in [0.25, 0.3) is 11.0 Å². The second kappa shape index (κ2) is 8.29. The lowest BCUT2D eigenvalue weighted by Crippen LogP contribution is -2.33. The maximum atomic E-state index is 10.7. The predicted octanol–water partition coefficient (Wildman–Crippen LogP) is -0.960. The van der Waals surface area contributed by atoms with E-state index in [4.69, 9.17) is 21.3 Å². The van der Waals surface area contributed by atoms with E-state index in [-0.39, 0.29) is 17.8 Å². The highest BCUT2D eigenvalue weighted by Gasteiger charge is 2.44. The first-order chi connectivity index (χ1) is 13.3. The first-order valence-electron chi connectivity index (χ1n) is 8.44. The zero-order valence-corrected chi connectivity index (χ0v) is 15.5. The van der Waals surface area contributed by atoms with Crippen molar-refractivity contribution in [1.82, 2.24) is 14.5 Å². The SMILES string of the molecule is N#Cc1cn([C@@H]2O[C@H](CSCC[C@H](N)C(=O)O)C(O)[C@@H]2O)c2ncnc(N)c12. The van der Waals surface area contributed by atoms with E-state index in [1.165, 1.54) is 28.9 Å². The largest absolute Gasteiger partial charge is 0.480 e. The first kappa shape index (κ1) is 20.3. The van der Waals surface area contributed by atoms with Gasteiger partial charge in [-0.1, -0.05) is 0 Å². The van der Waals surface area contributed by atoms with E-state index in [2.05, 4.69) is 9.97 Å². The molecule has 28 heavy (non-hydrogen) atoms. The lowest BCUT2D eigenvalue weighted by atomic mass is 10.1. The number of fused-ring (bicyclic) bond motifs is 1. The summed E-state index contributed by atoms with van der Waals surface area (Å²) in [5.41, 5.74) is 11.8. The van der Waals surface area contributed by atoms with Crippen molar-refractivity contribution in [2.24, 2.45) is 5.73 Å². The van der Waals surface area contributed by atoms with E-state index >= 15 is 0 Å². The van der Waals surface area contributed by atoms with Gasteiger partial charge in [0.1, 0.15) is 42.1 Å². The van der Waals surface area contributed by atoms with Gasteiger partial charge in [-0.25, -0.2) is 9.97 Å². The third-order valence-electron chi connectivity index (χ3n) is 4.54. The Hall–Kier alpha value is -2.43. The Kier molecular flexibility index (Phi) is 6.01. The number of rotatable bonds is 7. The Morgan fingerprint density at radius 2 is 2.18 bits per heavy atom. The molecule has 1 unspecified atom stereocenters. The number of nitriles is 1. The fraction of sp³-hybridized carbons (Fsp3) is 0.500. The minimum Gasteiger partial charge on any atom is -0.480 e. The molecule has 0 saturated carbocycles. The maximum absolute atomic E-state index is 10.7. The molecule has 0 amide bonds. The number of aliphatic hydroxyl groups excluding tert-OH is 2. The van der Waals surface area contributed by atoms with E-state index in [0.717, 1.165) is 0 Å². The molecule has 0 bridgehead atoms. The standard InChI is InChI=1S/C16H20N6O5S/c17-3-7-4-22(14-10(7)13(19)20-6-21-14)15-12(24)11(23)9(27-15)5-28-2-1-8(18)16(25)26/h4,6,8-9,11-12,15,23-24H,1-2,5,18H2,(H,25,26)(H2,19,20,21)/t8-,9+,11?,12-,15+/m0/s1. The molecule has 0 radical (unpaired) electrons. The Morgan fingerprint density at radius 3 is 2.86 bits per heavy atom. The molecule has 2 aromatic rings. The number of thioether (sulfide) groups is 1. The number of nitrogen functional groups attached to an aromatic ring is 1. The lowest BCUT2D eigenvalue weighted by Gasteiger charge is -2.17. The van der Waals surface area contributed by atoms with Gasteiger partial charge < -0.3 is 36.1 Å². The Morgan fingerprint density at radius 1 is 1.43 bits per heavy atom. The molecule has 0 spiro atoms. The Bertz CT molecular complexity index is 915. The number of carbonyl (C=O) groups is 1. The summed E-state index contributed by atoms with van der Waals surface area (Å²) in [5, 5.41) is 39.3. The highest BCUT2D eigenvalue weighted by Crippen LogP contribution is 2.35. The van der Waals surface area contributed by atoms with Crippen molar-refractivity contribution in [3.8, 4) is 6.07 Å². The number of aromatic nitrogens is 3. The van der Waals surface area contributed by atoms with E-state index in [0.29, 0.717) is 22.5 Å². The number of aliphatic carboxylic acids is 1. The van der Waals surface area contributed by atoms with Crippen LogP contribution in [0.5, 0.6) is 0 Å². The normalized spacial score (nSPS) is 25.6. The highest BCUT2D eigenvalue weighted by molar-refractivity contribution is 7.99. The molecule has 1 aliphatic rings. The summed E-state index contributed by atoms with van der Waals surface area (Å²) >= 11 is 1.37. The smallest absolute Gasteiger partial charge is 0.320 e. The maximum Gasteiger partial charge on any atom is 0.320 e. The lowest BCUT2D eigenvalue weighted by molar-refractivity contribution is -0.138. The number of ether oxygens (including phenoxy) is 1. The third kappa shape index (κ3) is 3.75. The molecule has 2 aromatic heterocycles. The van der Waals surface area contributed by atoms with Crippen LogP contribution in [0.4, 0.5) is 5.82 Å². The Balaban J connectivity index is 1.73. The summed E-state index contributed by atoms with van der Waals surface area (Å²) in [6.07, 6.45) is -1.07. The van der Waals surface area contributed by atoms with Gasteiger partial charge in [0.05, 0.1) is 17.1 Å². The Labute approximate surface area is 163 Å². The summed E-state index contributed by atoms with van der Waals surface area (Å²) in [4.78, 5) is 18.7. The van der Waals surface area contributed by atoms with Crippen molar-refractivity contribution < 1.29 is 24.9 Å². The van der Waals surface area contributed by atoms with Crippen molar-refractivity contribution in [1.29, 1.82) is 5.26 Å². The molecule has 7 N–H and O–H groups in total. The van der Waals surface area contributed by atoms with Crippen LogP contribution in [0, 0.1) is 11.3 Å². The van der Waals surface area contributed by atoms with Crippen LogP contribution in [0.1, 0.15) is 18.2 Å². The van der Waals surface area contributed by atoms with Gasteiger partial charge in [-0.3, -0.25) is 4.79 Å². The van der Waals surface area contributed by atoms with E-state index < -0.39 is 36.6 Å². The molecule has 11 nitrogen and oxygen atoms in total. The number of nitrogens with two attached hydrogens (primary N) is 2. The van der Waals surface area contributed by atoms with Crippen molar-refractivity contribution >= 4 is 34.6 Å². The van der Waals surface area contributed by atoms with Gasteiger partial charge in [0, 0.05) is 11.9 Å².